The lowest BCUT2D eigenvalue weighted by Gasteiger charge is -2.17. The van der Waals surface area contributed by atoms with Gasteiger partial charge in [0.15, 0.2) is 5.69 Å². The lowest BCUT2D eigenvalue weighted by molar-refractivity contribution is -0.129. The third kappa shape index (κ3) is 3.27. The third-order valence-corrected chi connectivity index (χ3v) is 4.63. The molecule has 4 heterocycles. The predicted molar refractivity (Wildman–Crippen MR) is 94.3 cm³/mol. The number of hydrogen-bond acceptors (Lipinski definition) is 4. The van der Waals surface area contributed by atoms with Crippen LogP contribution in [0.25, 0.3) is 5.65 Å². The number of carbonyl (C=O) groups excluding carboxylic acids is 2. The summed E-state index contributed by atoms with van der Waals surface area (Å²) in [6.07, 6.45) is 2.34. The number of fused-ring (bicyclic) bond motifs is 2. The quantitative estimate of drug-likeness (QED) is 0.754. The first-order valence-corrected chi connectivity index (χ1v) is 8.75. The van der Waals surface area contributed by atoms with E-state index >= 15 is 0 Å². The van der Waals surface area contributed by atoms with E-state index in [9.17, 15) is 14.0 Å². The Morgan fingerprint density at radius 1 is 1.30 bits per heavy atom. The van der Waals surface area contributed by atoms with E-state index in [4.69, 9.17) is 0 Å². The van der Waals surface area contributed by atoms with Gasteiger partial charge in [0.05, 0.1) is 24.5 Å². The molecule has 0 atom stereocenters. The molecule has 0 unspecified atom stereocenters. The monoisotopic (exact) mass is 370 g/mol. The van der Waals surface area contributed by atoms with E-state index in [-0.39, 0.29) is 18.1 Å². The summed E-state index contributed by atoms with van der Waals surface area (Å²) in [5, 5.41) is 7.14. The number of amides is 2. The van der Waals surface area contributed by atoms with E-state index in [1.807, 2.05) is 10.7 Å². The Morgan fingerprint density at radius 3 is 2.93 bits per heavy atom. The van der Waals surface area contributed by atoms with Gasteiger partial charge in [0, 0.05) is 26.2 Å². The number of carbonyl (C=O) groups is 2. The Labute approximate surface area is 154 Å². The van der Waals surface area contributed by atoms with Crippen LogP contribution in [0.5, 0.6) is 0 Å². The minimum absolute atomic E-state index is 0.0295. The summed E-state index contributed by atoms with van der Waals surface area (Å²) in [5.41, 5.74) is 1.71. The zero-order chi connectivity index (χ0) is 19.0. The topological polar surface area (TPSA) is 84.5 Å². The standard InChI is InChI=1S/C18H19FN6O2/c1-12(26)23-6-4-8-25-14(11-23)9-13(22-25)10-20-18(27)16-17(19)24-7-3-2-5-15(24)21-16/h2-3,5,7,9H,4,6,8,10-11H2,1H3,(H,20,27). The fraction of sp³-hybridized carbons (Fsp3) is 0.333. The largest absolute Gasteiger partial charge is 0.345 e. The maximum absolute atomic E-state index is 14.3. The number of aryl methyl sites for hydroxylation is 1. The van der Waals surface area contributed by atoms with Crippen LogP contribution < -0.4 is 5.32 Å². The number of nitrogens with zero attached hydrogens (tertiary/aromatic N) is 5. The van der Waals surface area contributed by atoms with Gasteiger partial charge in [-0.1, -0.05) is 6.07 Å². The van der Waals surface area contributed by atoms with Crippen LogP contribution in [0.15, 0.2) is 30.5 Å². The minimum atomic E-state index is -0.694. The molecule has 2 amide bonds. The van der Waals surface area contributed by atoms with Crippen molar-refractivity contribution in [1.29, 1.82) is 0 Å². The first kappa shape index (κ1) is 17.2. The molecule has 27 heavy (non-hydrogen) atoms. The molecule has 0 aromatic carbocycles. The zero-order valence-electron chi connectivity index (χ0n) is 14.9. The van der Waals surface area contributed by atoms with Crippen molar-refractivity contribution in [3.05, 3.63) is 53.5 Å². The van der Waals surface area contributed by atoms with Gasteiger partial charge in [0.25, 0.3) is 5.91 Å². The van der Waals surface area contributed by atoms with Crippen LogP contribution in [0.1, 0.15) is 35.2 Å². The van der Waals surface area contributed by atoms with Crippen molar-refractivity contribution < 1.29 is 14.0 Å². The van der Waals surface area contributed by atoms with Crippen LogP contribution >= 0.6 is 0 Å². The van der Waals surface area contributed by atoms with Crippen LogP contribution in [-0.2, 0) is 24.4 Å². The van der Waals surface area contributed by atoms with Crippen LogP contribution in [0.4, 0.5) is 4.39 Å². The number of aromatic nitrogens is 4. The van der Waals surface area contributed by atoms with Crippen molar-refractivity contribution >= 4 is 17.5 Å². The number of rotatable bonds is 3. The van der Waals surface area contributed by atoms with Crippen LogP contribution in [0.3, 0.4) is 0 Å². The van der Waals surface area contributed by atoms with Crippen molar-refractivity contribution in [1.82, 2.24) is 29.4 Å². The average molecular weight is 370 g/mol. The van der Waals surface area contributed by atoms with E-state index in [0.717, 1.165) is 12.1 Å². The van der Waals surface area contributed by atoms with Gasteiger partial charge < -0.3 is 10.2 Å². The molecule has 0 aliphatic carbocycles. The molecule has 4 rings (SSSR count). The lowest BCUT2D eigenvalue weighted by atomic mass is 10.3. The summed E-state index contributed by atoms with van der Waals surface area (Å²) in [6.45, 7) is 3.63. The maximum Gasteiger partial charge on any atom is 0.275 e. The van der Waals surface area contributed by atoms with Crippen LogP contribution in [-0.4, -0.2) is 42.4 Å². The van der Waals surface area contributed by atoms with Gasteiger partial charge in [0.1, 0.15) is 5.65 Å². The van der Waals surface area contributed by atoms with Crippen molar-refractivity contribution in [3.8, 4) is 0 Å². The molecule has 0 radical (unpaired) electrons. The maximum atomic E-state index is 14.3. The first-order chi connectivity index (χ1) is 13.0. The van der Waals surface area contributed by atoms with Gasteiger partial charge in [-0.3, -0.25) is 18.7 Å². The molecule has 0 saturated heterocycles. The Bertz CT molecular complexity index is 1020. The normalized spacial score (nSPS) is 14.1. The predicted octanol–water partition coefficient (Wildman–Crippen LogP) is 1.35. The van der Waals surface area contributed by atoms with Crippen molar-refractivity contribution in [2.75, 3.05) is 6.54 Å². The zero-order valence-corrected chi connectivity index (χ0v) is 14.9. The molecule has 0 spiro atoms. The van der Waals surface area contributed by atoms with E-state index < -0.39 is 11.9 Å². The molecular formula is C18H19FN6O2. The molecular weight excluding hydrogens is 351 g/mol. The molecule has 9 heteroatoms. The van der Waals surface area contributed by atoms with Crippen molar-refractivity contribution in [3.63, 3.8) is 0 Å². The van der Waals surface area contributed by atoms with Gasteiger partial charge in [0.2, 0.25) is 11.9 Å². The van der Waals surface area contributed by atoms with E-state index in [2.05, 4.69) is 15.4 Å². The molecule has 140 valence electrons. The summed E-state index contributed by atoms with van der Waals surface area (Å²) in [7, 11) is 0. The van der Waals surface area contributed by atoms with E-state index in [1.54, 1.807) is 30.0 Å². The fourth-order valence-corrected chi connectivity index (χ4v) is 3.24. The molecule has 3 aromatic rings. The molecule has 1 N–H and O–H groups in total. The molecule has 1 aliphatic heterocycles. The first-order valence-electron chi connectivity index (χ1n) is 8.75. The summed E-state index contributed by atoms with van der Waals surface area (Å²) in [5.74, 6) is -1.26. The minimum Gasteiger partial charge on any atom is -0.345 e. The summed E-state index contributed by atoms with van der Waals surface area (Å²) in [6, 6.07) is 6.89. The van der Waals surface area contributed by atoms with Gasteiger partial charge in [-0.25, -0.2) is 4.98 Å². The van der Waals surface area contributed by atoms with E-state index in [0.29, 0.717) is 31.0 Å². The number of imidazole rings is 1. The SMILES string of the molecule is CC(=O)N1CCCn2nc(CNC(=O)c3nc4ccccn4c3F)cc2C1. The fourth-order valence-electron chi connectivity index (χ4n) is 3.24. The summed E-state index contributed by atoms with van der Waals surface area (Å²) in [4.78, 5) is 29.8. The Kier molecular flexibility index (Phi) is 4.35. The van der Waals surface area contributed by atoms with Gasteiger partial charge in [-0.05, 0) is 24.6 Å². The van der Waals surface area contributed by atoms with E-state index in [1.165, 1.54) is 10.6 Å². The van der Waals surface area contributed by atoms with Crippen molar-refractivity contribution in [2.24, 2.45) is 0 Å². The highest BCUT2D eigenvalue weighted by Gasteiger charge is 2.21. The third-order valence-electron chi connectivity index (χ3n) is 4.63. The molecule has 8 nitrogen and oxygen atoms in total. The molecule has 0 saturated carbocycles. The average Bonchev–Trinajstić information content (AvgIpc) is 3.13. The second-order valence-corrected chi connectivity index (χ2v) is 6.51. The molecule has 1 aliphatic rings. The molecule has 0 bridgehead atoms. The van der Waals surface area contributed by atoms with Crippen LogP contribution in [0, 0.1) is 5.95 Å². The number of halogens is 1. The van der Waals surface area contributed by atoms with Crippen LogP contribution in [0.2, 0.25) is 0 Å². The Hall–Kier alpha value is -3.23. The number of hydrogen-bond donors (Lipinski definition) is 1. The Morgan fingerprint density at radius 2 is 2.15 bits per heavy atom. The molecule has 3 aromatic heterocycles. The highest BCUT2D eigenvalue weighted by atomic mass is 19.1. The van der Waals surface area contributed by atoms with Gasteiger partial charge in [-0.15, -0.1) is 0 Å². The number of pyridine rings is 1. The Balaban J connectivity index is 1.47. The second-order valence-electron chi connectivity index (χ2n) is 6.51. The number of nitrogens with one attached hydrogen (secondary N) is 1. The summed E-state index contributed by atoms with van der Waals surface area (Å²) < 4.78 is 17.4. The van der Waals surface area contributed by atoms with Gasteiger partial charge in [-0.2, -0.15) is 9.49 Å². The second kappa shape index (κ2) is 6.82. The lowest BCUT2D eigenvalue weighted by Crippen LogP contribution is -2.28. The van der Waals surface area contributed by atoms with Gasteiger partial charge >= 0.3 is 0 Å². The summed E-state index contributed by atoms with van der Waals surface area (Å²) >= 11 is 0. The highest BCUT2D eigenvalue weighted by Crippen LogP contribution is 2.15. The highest BCUT2D eigenvalue weighted by molar-refractivity contribution is 5.93. The molecule has 0 fully saturated rings. The smallest absolute Gasteiger partial charge is 0.275 e. The van der Waals surface area contributed by atoms with Crippen molar-refractivity contribution in [2.45, 2.75) is 33.0 Å².